The summed E-state index contributed by atoms with van der Waals surface area (Å²) in [6.45, 7) is 7.55. The van der Waals surface area contributed by atoms with E-state index in [2.05, 4.69) is 4.99 Å². The van der Waals surface area contributed by atoms with E-state index in [1.54, 1.807) is 55.5 Å². The maximum atomic E-state index is 13.8. The number of aromatic nitrogens is 1. The average Bonchev–Trinajstić information content (AvgIpc) is 3.18. The van der Waals surface area contributed by atoms with Gasteiger partial charge in [0, 0.05) is 4.90 Å². The van der Waals surface area contributed by atoms with Crippen molar-refractivity contribution in [2.45, 2.75) is 44.7 Å². The van der Waals surface area contributed by atoms with Gasteiger partial charge in [-0.2, -0.15) is 0 Å². The van der Waals surface area contributed by atoms with E-state index in [4.69, 9.17) is 25.8 Å². The number of nitrogens with zero attached hydrogens (tertiary/aromatic N) is 2. The van der Waals surface area contributed by atoms with Gasteiger partial charge < -0.3 is 14.2 Å². The summed E-state index contributed by atoms with van der Waals surface area (Å²) >= 11 is 9.38. The van der Waals surface area contributed by atoms with Crippen LogP contribution < -0.4 is 24.4 Å². The monoisotopic (exact) mass is 572 g/mol. The summed E-state index contributed by atoms with van der Waals surface area (Å²) in [6.07, 6.45) is 3.65. The quantitative estimate of drug-likeness (QED) is 0.280. The van der Waals surface area contributed by atoms with Gasteiger partial charge in [-0.3, -0.25) is 9.36 Å². The van der Waals surface area contributed by atoms with E-state index in [1.807, 2.05) is 44.4 Å². The summed E-state index contributed by atoms with van der Waals surface area (Å²) in [4.78, 5) is 33.1. The van der Waals surface area contributed by atoms with Gasteiger partial charge in [-0.1, -0.05) is 35.1 Å². The minimum atomic E-state index is -0.664. The van der Waals surface area contributed by atoms with E-state index in [0.29, 0.717) is 42.7 Å². The van der Waals surface area contributed by atoms with Crippen molar-refractivity contribution < 1.29 is 19.0 Å². The third kappa shape index (κ3) is 5.55. The molecule has 0 saturated heterocycles. The summed E-state index contributed by atoms with van der Waals surface area (Å²) in [5.41, 5.74) is 2.08. The van der Waals surface area contributed by atoms with Crippen LogP contribution in [0.3, 0.4) is 0 Å². The topological polar surface area (TPSA) is 79.1 Å². The number of fused-ring (bicyclic) bond motifs is 1. The third-order valence-electron chi connectivity index (χ3n) is 5.85. The number of hydrogen-bond acceptors (Lipinski definition) is 8. The first kappa shape index (κ1) is 28.0. The zero-order valence-corrected chi connectivity index (χ0v) is 24.4. The van der Waals surface area contributed by atoms with Crippen molar-refractivity contribution in [3.63, 3.8) is 0 Å². The van der Waals surface area contributed by atoms with E-state index >= 15 is 0 Å². The number of carbonyl (C=O) groups excluding carboxylic acids is 1. The summed E-state index contributed by atoms with van der Waals surface area (Å²) in [5, 5.41) is 0.379. The van der Waals surface area contributed by atoms with Gasteiger partial charge in [0.25, 0.3) is 5.56 Å². The molecule has 38 heavy (non-hydrogen) atoms. The van der Waals surface area contributed by atoms with Gasteiger partial charge in [-0.25, -0.2) is 9.79 Å². The fourth-order valence-electron chi connectivity index (χ4n) is 4.22. The van der Waals surface area contributed by atoms with E-state index in [1.165, 1.54) is 11.3 Å². The first-order valence-electron chi connectivity index (χ1n) is 12.1. The maximum absolute atomic E-state index is 13.8. The van der Waals surface area contributed by atoms with E-state index in [0.717, 1.165) is 10.5 Å². The lowest BCUT2D eigenvalue weighted by Gasteiger charge is -2.24. The predicted molar refractivity (Wildman–Crippen MR) is 152 cm³/mol. The van der Waals surface area contributed by atoms with E-state index in [-0.39, 0.29) is 18.3 Å². The van der Waals surface area contributed by atoms with Crippen LogP contribution in [-0.2, 0) is 9.53 Å². The molecule has 0 amide bonds. The second-order valence-corrected chi connectivity index (χ2v) is 11.1. The number of allylic oxidation sites excluding steroid dienone is 1. The zero-order chi connectivity index (χ0) is 27.6. The van der Waals surface area contributed by atoms with E-state index in [9.17, 15) is 9.59 Å². The predicted octanol–water partition coefficient (Wildman–Crippen LogP) is 4.97. The summed E-state index contributed by atoms with van der Waals surface area (Å²) in [7, 11) is 1.54. The maximum Gasteiger partial charge on any atom is 0.338 e. The number of methoxy groups -OCH3 is 1. The van der Waals surface area contributed by atoms with Gasteiger partial charge in [0.15, 0.2) is 16.3 Å². The first-order chi connectivity index (χ1) is 18.2. The molecule has 1 atom stereocenters. The van der Waals surface area contributed by atoms with Crippen molar-refractivity contribution >= 4 is 46.7 Å². The summed E-state index contributed by atoms with van der Waals surface area (Å²) in [5.74, 6) is 0.433. The second kappa shape index (κ2) is 11.8. The summed E-state index contributed by atoms with van der Waals surface area (Å²) < 4.78 is 18.7. The average molecular weight is 573 g/mol. The molecule has 4 rings (SSSR count). The molecule has 200 valence electrons. The first-order valence-corrected chi connectivity index (χ1v) is 14.5. The Morgan fingerprint density at radius 2 is 1.97 bits per heavy atom. The lowest BCUT2D eigenvalue weighted by molar-refractivity contribution is -0.139. The summed E-state index contributed by atoms with van der Waals surface area (Å²) in [6, 6.07) is 10.7. The molecule has 0 radical (unpaired) electrons. The van der Waals surface area contributed by atoms with E-state index < -0.39 is 12.0 Å². The van der Waals surface area contributed by atoms with Gasteiger partial charge in [0.1, 0.15) is 0 Å². The molecule has 0 unspecified atom stereocenters. The molecular weight excluding hydrogens is 544 g/mol. The Morgan fingerprint density at radius 1 is 1.26 bits per heavy atom. The Morgan fingerprint density at radius 3 is 2.58 bits per heavy atom. The number of halogens is 1. The van der Waals surface area contributed by atoms with Crippen molar-refractivity contribution in [2.24, 2.45) is 4.99 Å². The Bertz CT molecular complexity index is 1570. The Kier molecular flexibility index (Phi) is 8.70. The molecule has 1 aromatic heterocycles. The molecule has 0 saturated carbocycles. The Labute approximate surface area is 234 Å². The zero-order valence-electron chi connectivity index (χ0n) is 22.0. The van der Waals surface area contributed by atoms with Crippen LogP contribution in [0.2, 0.25) is 5.02 Å². The van der Waals surface area contributed by atoms with Crippen molar-refractivity contribution in [3.05, 3.63) is 83.5 Å². The Balaban J connectivity index is 1.90. The number of benzene rings is 2. The largest absolute Gasteiger partial charge is 0.493 e. The lowest BCUT2D eigenvalue weighted by atomic mass is 9.96. The van der Waals surface area contributed by atoms with Gasteiger partial charge in [-0.15, -0.1) is 11.8 Å². The van der Waals surface area contributed by atoms with Gasteiger partial charge in [0.05, 0.1) is 46.7 Å². The van der Waals surface area contributed by atoms with Crippen LogP contribution in [0.15, 0.2) is 62.4 Å². The third-order valence-corrected chi connectivity index (χ3v) is 7.86. The van der Waals surface area contributed by atoms with Gasteiger partial charge in [0.2, 0.25) is 0 Å². The molecular formula is C28H29ClN2O5S2. The normalized spacial score (nSPS) is 15.4. The smallest absolute Gasteiger partial charge is 0.338 e. The molecule has 1 aliphatic heterocycles. The molecule has 2 heterocycles. The molecule has 0 bridgehead atoms. The highest BCUT2D eigenvalue weighted by atomic mass is 35.5. The number of esters is 1. The minimum absolute atomic E-state index is 0.0854. The minimum Gasteiger partial charge on any atom is -0.493 e. The molecule has 3 aromatic rings. The molecule has 0 fully saturated rings. The van der Waals surface area contributed by atoms with Crippen LogP contribution in [-0.4, -0.2) is 36.6 Å². The fraction of sp³-hybridized carbons (Fsp3) is 0.321. The highest BCUT2D eigenvalue weighted by Crippen LogP contribution is 2.37. The Hall–Kier alpha value is -3.01. The molecule has 1 aliphatic rings. The number of thiazole rings is 1. The van der Waals surface area contributed by atoms with Crippen molar-refractivity contribution in [1.29, 1.82) is 0 Å². The number of ether oxygens (including phenoxy) is 3. The second-order valence-electron chi connectivity index (χ2n) is 8.78. The number of rotatable bonds is 8. The number of thioether (sulfide) groups is 1. The van der Waals surface area contributed by atoms with Gasteiger partial charge in [-0.05, 0) is 75.4 Å². The van der Waals surface area contributed by atoms with Crippen LogP contribution in [0.4, 0.5) is 0 Å². The highest BCUT2D eigenvalue weighted by molar-refractivity contribution is 7.98. The van der Waals surface area contributed by atoms with Crippen LogP contribution >= 0.6 is 34.7 Å². The SMILES string of the molecule is CCOC(=O)C1=C(C)N=c2s/c(=C\c3cc(Cl)c(OC(C)C)c(OC)c3)c(=O)n2[C@@H]1c1ccc(SC)cc1. The molecule has 0 spiro atoms. The lowest BCUT2D eigenvalue weighted by Crippen LogP contribution is -2.39. The van der Waals surface area contributed by atoms with Gasteiger partial charge >= 0.3 is 5.97 Å². The molecule has 10 heteroatoms. The standard InChI is InChI=1S/C28H29ClN2O5S2/c1-7-35-27(33)23-16(4)30-28-31(24(23)18-8-10-19(37-6)11-9-18)26(32)22(38-28)14-17-12-20(29)25(36-15(2)3)21(13-17)34-5/h8-15,24H,7H2,1-6H3/b22-14-/t24-/m1/s1. The molecule has 0 aliphatic carbocycles. The number of carbonyl (C=O) groups is 1. The number of hydrogen-bond donors (Lipinski definition) is 0. The fourth-order valence-corrected chi connectivity index (χ4v) is 5.94. The molecule has 2 aromatic carbocycles. The van der Waals surface area contributed by atoms with Crippen LogP contribution in [0.1, 0.15) is 44.9 Å². The van der Waals surface area contributed by atoms with Crippen LogP contribution in [0.5, 0.6) is 11.5 Å². The highest BCUT2D eigenvalue weighted by Gasteiger charge is 2.33. The van der Waals surface area contributed by atoms with Crippen molar-refractivity contribution in [3.8, 4) is 11.5 Å². The van der Waals surface area contributed by atoms with Crippen LogP contribution in [0, 0.1) is 0 Å². The van der Waals surface area contributed by atoms with Crippen molar-refractivity contribution in [1.82, 2.24) is 4.57 Å². The molecule has 7 nitrogen and oxygen atoms in total. The van der Waals surface area contributed by atoms with Crippen molar-refractivity contribution in [2.75, 3.05) is 20.0 Å². The van der Waals surface area contributed by atoms with Crippen LogP contribution in [0.25, 0.3) is 6.08 Å². The molecule has 0 N–H and O–H groups in total.